The molecule has 1 N–H and O–H groups in total. The molecule has 0 amide bonds. The van der Waals surface area contributed by atoms with Crippen molar-refractivity contribution in [1.29, 1.82) is 5.26 Å². The maximum absolute atomic E-state index is 12.8. The van der Waals surface area contributed by atoms with Gasteiger partial charge < -0.3 is 5.32 Å². The Bertz CT molecular complexity index is 351. The summed E-state index contributed by atoms with van der Waals surface area (Å²) in [5, 5.41) is 11.4. The van der Waals surface area contributed by atoms with E-state index in [1.807, 2.05) is 13.0 Å². The standard InChI is InChI=1S/C11H12F2N2/c1-2-10(3-4-14)15-11-6-8(12)5-9(13)7-11/h5-7,10,15H,2-3H2,1H3. The number of rotatable bonds is 4. The second kappa shape index (κ2) is 5.30. The summed E-state index contributed by atoms with van der Waals surface area (Å²) in [6, 6.07) is 5.18. The minimum atomic E-state index is -0.621. The third-order valence-corrected chi connectivity index (χ3v) is 2.06. The molecule has 0 saturated carbocycles. The van der Waals surface area contributed by atoms with Gasteiger partial charge in [0.25, 0.3) is 0 Å². The van der Waals surface area contributed by atoms with E-state index in [1.54, 1.807) is 0 Å². The molecule has 1 unspecified atom stereocenters. The van der Waals surface area contributed by atoms with E-state index in [2.05, 4.69) is 5.32 Å². The monoisotopic (exact) mass is 210 g/mol. The van der Waals surface area contributed by atoms with Gasteiger partial charge in [0.1, 0.15) is 11.6 Å². The van der Waals surface area contributed by atoms with Gasteiger partial charge in [-0.05, 0) is 18.6 Å². The highest BCUT2D eigenvalue weighted by Gasteiger charge is 2.07. The van der Waals surface area contributed by atoms with E-state index in [0.717, 1.165) is 12.5 Å². The van der Waals surface area contributed by atoms with Crippen LogP contribution in [-0.2, 0) is 0 Å². The number of benzene rings is 1. The van der Waals surface area contributed by atoms with Crippen molar-refractivity contribution < 1.29 is 8.78 Å². The second-order valence-electron chi connectivity index (χ2n) is 3.27. The predicted octanol–water partition coefficient (Wildman–Crippen LogP) is 3.07. The molecule has 0 aromatic heterocycles. The van der Waals surface area contributed by atoms with Crippen molar-refractivity contribution in [1.82, 2.24) is 0 Å². The van der Waals surface area contributed by atoms with Crippen molar-refractivity contribution in [2.45, 2.75) is 25.8 Å². The van der Waals surface area contributed by atoms with Crippen LogP contribution in [0.3, 0.4) is 0 Å². The van der Waals surface area contributed by atoms with Gasteiger partial charge in [-0.3, -0.25) is 0 Å². The first-order chi connectivity index (χ1) is 7.15. The number of halogens is 2. The lowest BCUT2D eigenvalue weighted by Crippen LogP contribution is -2.17. The summed E-state index contributed by atoms with van der Waals surface area (Å²) < 4.78 is 25.6. The number of nitrogens with one attached hydrogen (secondary N) is 1. The molecule has 0 aliphatic rings. The molecule has 1 rings (SSSR count). The Labute approximate surface area is 87.5 Å². The zero-order valence-corrected chi connectivity index (χ0v) is 8.43. The molecule has 15 heavy (non-hydrogen) atoms. The Morgan fingerprint density at radius 2 is 1.93 bits per heavy atom. The molecule has 1 aromatic rings. The zero-order valence-electron chi connectivity index (χ0n) is 8.43. The molecule has 0 spiro atoms. The van der Waals surface area contributed by atoms with Gasteiger partial charge in [0.2, 0.25) is 0 Å². The van der Waals surface area contributed by atoms with Gasteiger partial charge in [-0.25, -0.2) is 8.78 Å². The number of nitrogens with zero attached hydrogens (tertiary/aromatic N) is 1. The molecular weight excluding hydrogens is 198 g/mol. The molecule has 0 fully saturated rings. The van der Waals surface area contributed by atoms with E-state index in [9.17, 15) is 8.78 Å². The smallest absolute Gasteiger partial charge is 0.128 e. The van der Waals surface area contributed by atoms with E-state index >= 15 is 0 Å². The lowest BCUT2D eigenvalue weighted by atomic mass is 10.1. The van der Waals surface area contributed by atoms with Gasteiger partial charge in [-0.2, -0.15) is 5.26 Å². The summed E-state index contributed by atoms with van der Waals surface area (Å²) in [4.78, 5) is 0. The molecule has 0 aliphatic heterocycles. The number of nitriles is 1. The van der Waals surface area contributed by atoms with Crippen LogP contribution in [0.25, 0.3) is 0 Å². The van der Waals surface area contributed by atoms with Gasteiger partial charge in [0.05, 0.1) is 12.5 Å². The number of hydrogen-bond donors (Lipinski definition) is 1. The quantitative estimate of drug-likeness (QED) is 0.828. The summed E-state index contributed by atoms with van der Waals surface area (Å²) >= 11 is 0. The summed E-state index contributed by atoms with van der Waals surface area (Å²) in [6.07, 6.45) is 1.04. The topological polar surface area (TPSA) is 35.8 Å². The van der Waals surface area contributed by atoms with E-state index in [1.165, 1.54) is 12.1 Å². The van der Waals surface area contributed by atoms with Gasteiger partial charge in [0.15, 0.2) is 0 Å². The Morgan fingerprint density at radius 3 is 2.40 bits per heavy atom. The largest absolute Gasteiger partial charge is 0.381 e. The van der Waals surface area contributed by atoms with Gasteiger partial charge in [-0.1, -0.05) is 6.92 Å². The Hall–Kier alpha value is -1.63. The predicted molar refractivity (Wildman–Crippen MR) is 54.3 cm³/mol. The summed E-state index contributed by atoms with van der Waals surface area (Å²) in [5.74, 6) is -1.24. The van der Waals surface area contributed by atoms with Crippen LogP contribution < -0.4 is 5.32 Å². The molecule has 1 aromatic carbocycles. The summed E-state index contributed by atoms with van der Waals surface area (Å²) in [7, 11) is 0. The van der Waals surface area contributed by atoms with Crippen molar-refractivity contribution in [2.24, 2.45) is 0 Å². The van der Waals surface area contributed by atoms with Crippen LogP contribution in [0.1, 0.15) is 19.8 Å². The average molecular weight is 210 g/mol. The van der Waals surface area contributed by atoms with E-state index < -0.39 is 11.6 Å². The SMILES string of the molecule is CCC(CC#N)Nc1cc(F)cc(F)c1. The highest BCUT2D eigenvalue weighted by atomic mass is 19.1. The number of anilines is 1. The highest BCUT2D eigenvalue weighted by Crippen LogP contribution is 2.15. The molecule has 80 valence electrons. The van der Waals surface area contributed by atoms with E-state index in [0.29, 0.717) is 12.1 Å². The molecule has 0 bridgehead atoms. The molecule has 0 radical (unpaired) electrons. The average Bonchev–Trinajstić information content (AvgIpc) is 2.15. The lowest BCUT2D eigenvalue weighted by molar-refractivity contribution is 0.583. The van der Waals surface area contributed by atoms with Gasteiger partial charge in [0, 0.05) is 17.8 Å². The second-order valence-corrected chi connectivity index (χ2v) is 3.27. The third kappa shape index (κ3) is 3.55. The van der Waals surface area contributed by atoms with Crippen LogP contribution >= 0.6 is 0 Å². The Kier molecular flexibility index (Phi) is 4.04. The van der Waals surface area contributed by atoms with Crippen LogP contribution in [0.15, 0.2) is 18.2 Å². The van der Waals surface area contributed by atoms with E-state index in [4.69, 9.17) is 5.26 Å². The number of hydrogen-bond acceptors (Lipinski definition) is 2. The van der Waals surface area contributed by atoms with Crippen LogP contribution in [0.5, 0.6) is 0 Å². The fraction of sp³-hybridized carbons (Fsp3) is 0.364. The minimum Gasteiger partial charge on any atom is -0.381 e. The van der Waals surface area contributed by atoms with Gasteiger partial charge >= 0.3 is 0 Å². The van der Waals surface area contributed by atoms with Crippen molar-refractivity contribution in [2.75, 3.05) is 5.32 Å². The van der Waals surface area contributed by atoms with Gasteiger partial charge in [-0.15, -0.1) is 0 Å². The zero-order chi connectivity index (χ0) is 11.3. The molecule has 0 saturated heterocycles. The first-order valence-corrected chi connectivity index (χ1v) is 4.75. The Balaban J connectivity index is 2.75. The molecule has 1 atom stereocenters. The third-order valence-electron chi connectivity index (χ3n) is 2.06. The van der Waals surface area contributed by atoms with Crippen LogP contribution in [0.4, 0.5) is 14.5 Å². The van der Waals surface area contributed by atoms with Crippen LogP contribution in [0.2, 0.25) is 0 Å². The summed E-state index contributed by atoms with van der Waals surface area (Å²) in [5.41, 5.74) is 0.370. The maximum atomic E-state index is 12.8. The molecule has 4 heteroatoms. The highest BCUT2D eigenvalue weighted by molar-refractivity contribution is 5.44. The van der Waals surface area contributed by atoms with Crippen molar-refractivity contribution in [3.8, 4) is 6.07 Å². The van der Waals surface area contributed by atoms with Crippen LogP contribution in [0, 0.1) is 23.0 Å². The lowest BCUT2D eigenvalue weighted by Gasteiger charge is -2.14. The minimum absolute atomic E-state index is 0.0730. The van der Waals surface area contributed by atoms with Crippen molar-refractivity contribution in [3.05, 3.63) is 29.8 Å². The Morgan fingerprint density at radius 1 is 1.33 bits per heavy atom. The van der Waals surface area contributed by atoms with Crippen molar-refractivity contribution >= 4 is 5.69 Å². The molecule has 2 nitrogen and oxygen atoms in total. The van der Waals surface area contributed by atoms with Crippen LogP contribution in [-0.4, -0.2) is 6.04 Å². The maximum Gasteiger partial charge on any atom is 0.128 e. The first-order valence-electron chi connectivity index (χ1n) is 4.75. The summed E-state index contributed by atoms with van der Waals surface area (Å²) in [6.45, 7) is 1.91. The fourth-order valence-corrected chi connectivity index (χ4v) is 1.28. The molecular formula is C11H12F2N2. The first kappa shape index (κ1) is 11.4. The molecule has 0 heterocycles. The normalized spacial score (nSPS) is 11.9. The fourth-order valence-electron chi connectivity index (χ4n) is 1.28. The van der Waals surface area contributed by atoms with Crippen molar-refractivity contribution in [3.63, 3.8) is 0 Å². The van der Waals surface area contributed by atoms with E-state index in [-0.39, 0.29) is 6.04 Å². The molecule has 0 aliphatic carbocycles.